The molecule has 3 rings (SSSR count). The SMILES string of the molecule is CN(C)CCN(C)CC(=O)NC1CCN(S(=O)(=O)c2cccc3cncc(Cl)c23)C1. The van der Waals surface area contributed by atoms with Gasteiger partial charge in [0.05, 0.1) is 16.5 Å². The second-order valence-electron chi connectivity index (χ2n) is 7.93. The molecule has 1 atom stereocenters. The lowest BCUT2D eigenvalue weighted by Gasteiger charge is -2.21. The number of fused-ring (bicyclic) bond motifs is 1. The average Bonchev–Trinajstić information content (AvgIpc) is 3.15. The Morgan fingerprint density at radius 2 is 2.03 bits per heavy atom. The zero-order valence-electron chi connectivity index (χ0n) is 17.5. The summed E-state index contributed by atoms with van der Waals surface area (Å²) in [5.74, 6) is -0.0974. The van der Waals surface area contributed by atoms with E-state index >= 15 is 0 Å². The van der Waals surface area contributed by atoms with Crippen LogP contribution in [0.5, 0.6) is 0 Å². The van der Waals surface area contributed by atoms with Crippen molar-refractivity contribution >= 4 is 38.3 Å². The lowest BCUT2D eigenvalue weighted by atomic mass is 10.2. The summed E-state index contributed by atoms with van der Waals surface area (Å²) in [7, 11) is 2.13. The number of nitrogens with one attached hydrogen (secondary N) is 1. The van der Waals surface area contributed by atoms with Crippen molar-refractivity contribution in [3.63, 3.8) is 0 Å². The number of nitrogens with zero attached hydrogens (tertiary/aromatic N) is 4. The standard InChI is InChI=1S/C20H28ClN5O3S/c1-24(2)9-10-25(3)14-19(27)23-16-7-8-26(13-16)30(28,29)18-6-4-5-15-11-22-12-17(21)20(15)18/h4-6,11-12,16H,7-10,13-14H2,1-3H3,(H,23,27). The predicted molar refractivity (Wildman–Crippen MR) is 118 cm³/mol. The third kappa shape index (κ3) is 5.28. The number of likely N-dealkylation sites (N-methyl/N-ethyl adjacent to an activating group) is 2. The smallest absolute Gasteiger partial charge is 0.243 e. The second-order valence-corrected chi connectivity index (χ2v) is 10.2. The summed E-state index contributed by atoms with van der Waals surface area (Å²) >= 11 is 6.26. The Kier molecular flexibility index (Phi) is 7.30. The van der Waals surface area contributed by atoms with Gasteiger partial charge in [0.15, 0.2) is 0 Å². The van der Waals surface area contributed by atoms with Gasteiger partial charge in [-0.1, -0.05) is 23.7 Å². The van der Waals surface area contributed by atoms with Crippen LogP contribution in [0.3, 0.4) is 0 Å². The summed E-state index contributed by atoms with van der Waals surface area (Å²) in [6.45, 7) is 2.52. The van der Waals surface area contributed by atoms with Crippen LogP contribution >= 0.6 is 11.6 Å². The number of carbonyl (C=O) groups excluding carboxylic acids is 1. The summed E-state index contributed by atoms with van der Waals surface area (Å²) in [6, 6.07) is 4.83. The minimum atomic E-state index is -3.74. The fourth-order valence-electron chi connectivity index (χ4n) is 3.55. The number of hydrogen-bond acceptors (Lipinski definition) is 6. The van der Waals surface area contributed by atoms with Crippen molar-refractivity contribution in [1.82, 2.24) is 24.4 Å². The Hall–Kier alpha value is -1.78. The first-order valence-electron chi connectivity index (χ1n) is 9.83. The zero-order chi connectivity index (χ0) is 21.9. The molecule has 164 valence electrons. The van der Waals surface area contributed by atoms with Gasteiger partial charge in [0.25, 0.3) is 0 Å². The van der Waals surface area contributed by atoms with Crippen LogP contribution in [-0.2, 0) is 14.8 Å². The molecule has 2 heterocycles. The van der Waals surface area contributed by atoms with Crippen LogP contribution in [0.15, 0.2) is 35.5 Å². The first-order valence-corrected chi connectivity index (χ1v) is 11.7. The molecule has 30 heavy (non-hydrogen) atoms. The molecular formula is C20H28ClN5O3S. The minimum absolute atomic E-state index is 0.0974. The van der Waals surface area contributed by atoms with Gasteiger partial charge in [-0.2, -0.15) is 4.31 Å². The van der Waals surface area contributed by atoms with Crippen LogP contribution < -0.4 is 5.32 Å². The number of benzene rings is 1. The van der Waals surface area contributed by atoms with Crippen molar-refractivity contribution in [2.75, 3.05) is 53.9 Å². The Bertz CT molecular complexity index is 1010. The first kappa shape index (κ1) is 22.9. The Labute approximate surface area is 182 Å². The number of pyridine rings is 1. The van der Waals surface area contributed by atoms with E-state index in [1.807, 2.05) is 26.0 Å². The van der Waals surface area contributed by atoms with Gasteiger partial charge < -0.3 is 10.2 Å². The minimum Gasteiger partial charge on any atom is -0.351 e. The van der Waals surface area contributed by atoms with Crippen molar-refractivity contribution in [2.24, 2.45) is 0 Å². The maximum Gasteiger partial charge on any atom is 0.243 e. The van der Waals surface area contributed by atoms with E-state index in [0.29, 0.717) is 28.8 Å². The van der Waals surface area contributed by atoms with Crippen LogP contribution in [0.25, 0.3) is 10.8 Å². The number of rotatable bonds is 8. The number of sulfonamides is 1. The second kappa shape index (κ2) is 9.57. The van der Waals surface area contributed by atoms with Gasteiger partial charge in [0.2, 0.25) is 15.9 Å². The van der Waals surface area contributed by atoms with E-state index in [-0.39, 0.29) is 29.9 Å². The molecule has 0 radical (unpaired) electrons. The van der Waals surface area contributed by atoms with Crippen LogP contribution in [-0.4, -0.2) is 93.3 Å². The lowest BCUT2D eigenvalue weighted by Crippen LogP contribution is -2.43. The summed E-state index contributed by atoms with van der Waals surface area (Å²) in [6.07, 6.45) is 3.62. The van der Waals surface area contributed by atoms with E-state index < -0.39 is 10.0 Å². The highest BCUT2D eigenvalue weighted by atomic mass is 35.5. The molecule has 8 nitrogen and oxygen atoms in total. The molecule has 1 N–H and O–H groups in total. The lowest BCUT2D eigenvalue weighted by molar-refractivity contribution is -0.122. The molecule has 0 saturated carbocycles. The molecule has 0 spiro atoms. The summed E-state index contributed by atoms with van der Waals surface area (Å²) in [4.78, 5) is 20.5. The molecule has 10 heteroatoms. The quantitative estimate of drug-likeness (QED) is 0.647. The molecule has 1 aliphatic rings. The molecule has 1 aromatic heterocycles. The van der Waals surface area contributed by atoms with Gasteiger partial charge >= 0.3 is 0 Å². The number of carbonyl (C=O) groups is 1. The molecule has 2 aromatic rings. The highest BCUT2D eigenvalue weighted by molar-refractivity contribution is 7.89. The van der Waals surface area contributed by atoms with Gasteiger partial charge in [-0.15, -0.1) is 0 Å². The average molecular weight is 454 g/mol. The molecule has 1 unspecified atom stereocenters. The highest BCUT2D eigenvalue weighted by Crippen LogP contribution is 2.32. The Morgan fingerprint density at radius 3 is 2.77 bits per heavy atom. The third-order valence-corrected chi connectivity index (χ3v) is 7.37. The summed E-state index contributed by atoms with van der Waals surface area (Å²) < 4.78 is 28.0. The fourth-order valence-corrected chi connectivity index (χ4v) is 5.61. The van der Waals surface area contributed by atoms with Crippen molar-refractivity contribution in [2.45, 2.75) is 17.4 Å². The predicted octanol–water partition coefficient (Wildman–Crippen LogP) is 1.26. The monoisotopic (exact) mass is 453 g/mol. The summed E-state index contributed by atoms with van der Waals surface area (Å²) in [5.41, 5.74) is 0. The van der Waals surface area contributed by atoms with Gasteiger partial charge in [0.1, 0.15) is 0 Å². The molecule has 1 aliphatic heterocycles. The Balaban J connectivity index is 1.66. The molecule has 1 saturated heterocycles. The number of amides is 1. The highest BCUT2D eigenvalue weighted by Gasteiger charge is 2.34. The van der Waals surface area contributed by atoms with Crippen molar-refractivity contribution in [1.29, 1.82) is 0 Å². The summed E-state index contributed by atoms with van der Waals surface area (Å²) in [5, 5.41) is 4.42. The van der Waals surface area contributed by atoms with Gasteiger partial charge in [0, 0.05) is 55.4 Å². The fraction of sp³-hybridized carbons (Fsp3) is 0.500. The van der Waals surface area contributed by atoms with Crippen LogP contribution in [0.1, 0.15) is 6.42 Å². The van der Waals surface area contributed by atoms with Crippen molar-refractivity contribution in [3.05, 3.63) is 35.6 Å². The molecule has 0 aliphatic carbocycles. The van der Waals surface area contributed by atoms with Crippen molar-refractivity contribution in [3.8, 4) is 0 Å². The van der Waals surface area contributed by atoms with E-state index in [1.54, 1.807) is 24.4 Å². The number of hydrogen-bond donors (Lipinski definition) is 1. The van der Waals surface area contributed by atoms with E-state index in [4.69, 9.17) is 11.6 Å². The van der Waals surface area contributed by atoms with Gasteiger partial charge in [-0.05, 0) is 33.6 Å². The molecule has 1 fully saturated rings. The number of halogens is 1. The van der Waals surface area contributed by atoms with Crippen LogP contribution in [0.4, 0.5) is 0 Å². The van der Waals surface area contributed by atoms with E-state index in [1.165, 1.54) is 10.5 Å². The van der Waals surface area contributed by atoms with Gasteiger partial charge in [-0.25, -0.2) is 8.42 Å². The Morgan fingerprint density at radius 1 is 1.27 bits per heavy atom. The van der Waals surface area contributed by atoms with Crippen LogP contribution in [0.2, 0.25) is 5.02 Å². The van der Waals surface area contributed by atoms with E-state index in [9.17, 15) is 13.2 Å². The zero-order valence-corrected chi connectivity index (χ0v) is 19.1. The molecule has 1 aromatic carbocycles. The van der Waals surface area contributed by atoms with E-state index in [2.05, 4.69) is 15.2 Å². The number of aromatic nitrogens is 1. The first-order chi connectivity index (χ1) is 14.2. The molecule has 0 bridgehead atoms. The van der Waals surface area contributed by atoms with E-state index in [0.717, 1.165) is 13.1 Å². The maximum atomic E-state index is 13.3. The molecular weight excluding hydrogens is 426 g/mol. The maximum absolute atomic E-state index is 13.3. The largest absolute Gasteiger partial charge is 0.351 e. The molecule has 1 amide bonds. The van der Waals surface area contributed by atoms with Crippen LogP contribution in [0, 0.1) is 0 Å². The normalized spacial score (nSPS) is 17.9. The topological polar surface area (TPSA) is 85.9 Å². The van der Waals surface area contributed by atoms with Gasteiger partial charge in [-0.3, -0.25) is 14.7 Å². The van der Waals surface area contributed by atoms with Crippen molar-refractivity contribution < 1.29 is 13.2 Å². The third-order valence-electron chi connectivity index (χ3n) is 5.18.